The van der Waals surface area contributed by atoms with Crippen LogP contribution in [0.1, 0.15) is 51.3 Å². The Morgan fingerprint density at radius 3 is 2.83 bits per heavy atom. The van der Waals surface area contributed by atoms with E-state index in [2.05, 4.69) is 34.1 Å². The number of nitrogens with zero attached hydrogens (tertiary/aromatic N) is 3. The molecule has 1 unspecified atom stereocenters. The lowest BCUT2D eigenvalue weighted by Gasteiger charge is -2.29. The highest BCUT2D eigenvalue weighted by Gasteiger charge is 2.24. The summed E-state index contributed by atoms with van der Waals surface area (Å²) in [6, 6.07) is 0.560. The molecule has 18 heavy (non-hydrogen) atoms. The van der Waals surface area contributed by atoms with Crippen molar-refractivity contribution < 1.29 is 0 Å². The number of likely N-dealkylation sites (N-methyl/N-ethyl adjacent to an activating group) is 1. The molecule has 4 heteroatoms. The maximum absolute atomic E-state index is 4.43. The van der Waals surface area contributed by atoms with Crippen LogP contribution in [0, 0.1) is 5.92 Å². The molecule has 0 radical (unpaired) electrons. The molecule has 0 bridgehead atoms. The zero-order valence-electron chi connectivity index (χ0n) is 11.7. The average Bonchev–Trinajstić information content (AvgIpc) is 2.85. The molecule has 1 atom stereocenters. The monoisotopic (exact) mass is 250 g/mol. The van der Waals surface area contributed by atoms with Gasteiger partial charge in [0.25, 0.3) is 0 Å². The van der Waals surface area contributed by atoms with Crippen LogP contribution in [-0.4, -0.2) is 27.9 Å². The van der Waals surface area contributed by atoms with Crippen molar-refractivity contribution >= 4 is 0 Å². The van der Waals surface area contributed by atoms with Gasteiger partial charge in [-0.25, -0.2) is 4.98 Å². The zero-order valence-corrected chi connectivity index (χ0v) is 11.7. The van der Waals surface area contributed by atoms with Gasteiger partial charge in [-0.15, -0.1) is 0 Å². The summed E-state index contributed by atoms with van der Waals surface area (Å²) >= 11 is 0. The molecule has 1 aliphatic carbocycles. The van der Waals surface area contributed by atoms with Crippen molar-refractivity contribution in [3.63, 3.8) is 0 Å². The van der Waals surface area contributed by atoms with Crippen LogP contribution in [0.4, 0.5) is 0 Å². The van der Waals surface area contributed by atoms with Crippen LogP contribution in [0.2, 0.25) is 0 Å². The van der Waals surface area contributed by atoms with Crippen molar-refractivity contribution in [1.29, 1.82) is 0 Å². The van der Waals surface area contributed by atoms with Crippen molar-refractivity contribution in [2.75, 3.05) is 7.05 Å². The fourth-order valence-corrected chi connectivity index (χ4v) is 3.08. The molecule has 2 rings (SSSR count). The lowest BCUT2D eigenvalue weighted by Crippen LogP contribution is -2.37. The number of aromatic nitrogens is 3. The smallest absolute Gasteiger partial charge is 0.138 e. The lowest BCUT2D eigenvalue weighted by molar-refractivity contribution is 0.272. The molecule has 102 valence electrons. The Bertz CT molecular complexity index is 341. The van der Waals surface area contributed by atoms with E-state index in [4.69, 9.17) is 0 Å². The minimum absolute atomic E-state index is 0.560. The molecule has 0 aliphatic heterocycles. The summed E-state index contributed by atoms with van der Waals surface area (Å²) in [7, 11) is 2.08. The second kappa shape index (κ2) is 6.88. The molecule has 1 heterocycles. The van der Waals surface area contributed by atoms with Gasteiger partial charge < -0.3 is 5.32 Å². The van der Waals surface area contributed by atoms with Crippen molar-refractivity contribution in [3.05, 3.63) is 12.2 Å². The Balaban J connectivity index is 1.98. The second-order valence-electron chi connectivity index (χ2n) is 5.40. The third-order valence-electron chi connectivity index (χ3n) is 4.12. The van der Waals surface area contributed by atoms with Gasteiger partial charge in [-0.2, -0.15) is 5.10 Å². The zero-order chi connectivity index (χ0) is 12.8. The normalized spacial score (nSPS) is 19.0. The molecule has 0 saturated heterocycles. The number of hydrogen-bond acceptors (Lipinski definition) is 3. The Hall–Kier alpha value is -0.900. The minimum atomic E-state index is 0.560. The molecule has 1 aromatic rings. The highest BCUT2D eigenvalue weighted by molar-refractivity contribution is 4.92. The predicted molar refractivity (Wildman–Crippen MR) is 73.4 cm³/mol. The Kier molecular flexibility index (Phi) is 5.17. The van der Waals surface area contributed by atoms with Gasteiger partial charge in [0.2, 0.25) is 0 Å². The third-order valence-corrected chi connectivity index (χ3v) is 4.12. The SMILES string of the molecule is CCCn1ncnc1CC(NC)C1CCCCC1. The minimum Gasteiger partial charge on any atom is -0.316 e. The number of aryl methyl sites for hydroxylation is 1. The van der Waals surface area contributed by atoms with Crippen molar-refractivity contribution in [2.45, 2.75) is 64.5 Å². The summed E-state index contributed by atoms with van der Waals surface area (Å²) in [6.07, 6.45) is 10.8. The topological polar surface area (TPSA) is 42.7 Å². The van der Waals surface area contributed by atoms with E-state index < -0.39 is 0 Å². The quantitative estimate of drug-likeness (QED) is 0.843. The van der Waals surface area contributed by atoms with E-state index in [0.717, 1.165) is 31.1 Å². The van der Waals surface area contributed by atoms with Gasteiger partial charge in [-0.1, -0.05) is 26.2 Å². The molecule has 0 amide bonds. The molecule has 1 N–H and O–H groups in total. The Labute approximate surface area is 110 Å². The van der Waals surface area contributed by atoms with Gasteiger partial charge in [-0.3, -0.25) is 4.68 Å². The summed E-state index contributed by atoms with van der Waals surface area (Å²) < 4.78 is 2.06. The van der Waals surface area contributed by atoms with E-state index in [1.54, 1.807) is 6.33 Å². The van der Waals surface area contributed by atoms with Crippen LogP contribution in [0.5, 0.6) is 0 Å². The van der Waals surface area contributed by atoms with E-state index in [0.29, 0.717) is 6.04 Å². The van der Waals surface area contributed by atoms with Crippen LogP contribution in [0.25, 0.3) is 0 Å². The molecule has 1 fully saturated rings. The third kappa shape index (κ3) is 3.31. The molecular formula is C14H26N4. The summed E-state index contributed by atoms with van der Waals surface area (Å²) in [5.74, 6) is 1.96. The van der Waals surface area contributed by atoms with Crippen molar-refractivity contribution in [2.24, 2.45) is 5.92 Å². The fraction of sp³-hybridized carbons (Fsp3) is 0.857. The number of rotatable bonds is 6. The first-order valence-electron chi connectivity index (χ1n) is 7.39. The van der Waals surface area contributed by atoms with Gasteiger partial charge in [-0.05, 0) is 32.2 Å². The highest BCUT2D eigenvalue weighted by Crippen LogP contribution is 2.27. The van der Waals surface area contributed by atoms with Gasteiger partial charge in [0.1, 0.15) is 12.2 Å². The second-order valence-corrected chi connectivity index (χ2v) is 5.40. The number of nitrogens with one attached hydrogen (secondary N) is 1. The first kappa shape index (κ1) is 13.5. The van der Waals surface area contributed by atoms with E-state index >= 15 is 0 Å². The van der Waals surface area contributed by atoms with Crippen LogP contribution in [0.3, 0.4) is 0 Å². The molecule has 0 aromatic carbocycles. The summed E-state index contributed by atoms with van der Waals surface area (Å²) in [4.78, 5) is 4.43. The van der Waals surface area contributed by atoms with Gasteiger partial charge in [0.05, 0.1) is 0 Å². The largest absolute Gasteiger partial charge is 0.316 e. The Morgan fingerprint density at radius 1 is 1.39 bits per heavy atom. The molecule has 4 nitrogen and oxygen atoms in total. The molecule has 1 aliphatic rings. The maximum Gasteiger partial charge on any atom is 0.138 e. The lowest BCUT2D eigenvalue weighted by atomic mass is 9.82. The van der Waals surface area contributed by atoms with E-state index in [1.165, 1.54) is 32.1 Å². The van der Waals surface area contributed by atoms with E-state index in [-0.39, 0.29) is 0 Å². The van der Waals surface area contributed by atoms with E-state index in [9.17, 15) is 0 Å². The number of hydrogen-bond donors (Lipinski definition) is 1. The standard InChI is InChI=1S/C14H26N4/c1-3-9-18-14(16-11-17-18)10-13(15-2)12-7-5-4-6-8-12/h11-13,15H,3-10H2,1-2H3. The molecule has 1 saturated carbocycles. The molecule has 1 aromatic heterocycles. The highest BCUT2D eigenvalue weighted by atomic mass is 15.3. The van der Waals surface area contributed by atoms with Gasteiger partial charge >= 0.3 is 0 Å². The first-order valence-corrected chi connectivity index (χ1v) is 7.39. The Morgan fingerprint density at radius 2 is 2.17 bits per heavy atom. The van der Waals surface area contributed by atoms with Crippen LogP contribution < -0.4 is 5.32 Å². The molecule has 0 spiro atoms. The van der Waals surface area contributed by atoms with Crippen LogP contribution >= 0.6 is 0 Å². The van der Waals surface area contributed by atoms with Crippen LogP contribution in [0.15, 0.2) is 6.33 Å². The summed E-state index contributed by atoms with van der Waals surface area (Å²) in [5.41, 5.74) is 0. The predicted octanol–water partition coefficient (Wildman–Crippen LogP) is 2.40. The fourth-order valence-electron chi connectivity index (χ4n) is 3.08. The summed E-state index contributed by atoms with van der Waals surface area (Å²) in [6.45, 7) is 3.17. The van der Waals surface area contributed by atoms with Crippen molar-refractivity contribution in [3.8, 4) is 0 Å². The maximum atomic E-state index is 4.43. The van der Waals surface area contributed by atoms with Crippen LogP contribution in [-0.2, 0) is 13.0 Å². The van der Waals surface area contributed by atoms with Gasteiger partial charge in [0.15, 0.2) is 0 Å². The molecular weight excluding hydrogens is 224 g/mol. The van der Waals surface area contributed by atoms with Crippen molar-refractivity contribution in [1.82, 2.24) is 20.1 Å². The first-order chi connectivity index (χ1) is 8.85. The summed E-state index contributed by atoms with van der Waals surface area (Å²) in [5, 5.41) is 7.81. The average molecular weight is 250 g/mol. The van der Waals surface area contributed by atoms with Gasteiger partial charge in [0, 0.05) is 19.0 Å². The van der Waals surface area contributed by atoms with E-state index in [1.807, 2.05) is 0 Å².